The molecule has 0 saturated carbocycles. The van der Waals surface area contributed by atoms with Crippen LogP contribution in [0.3, 0.4) is 0 Å². The minimum absolute atomic E-state index is 0.0588. The molecule has 0 fully saturated rings. The van der Waals surface area contributed by atoms with Crippen molar-refractivity contribution in [2.24, 2.45) is 0 Å². The number of fused-ring (bicyclic) bond motifs is 3. The summed E-state index contributed by atoms with van der Waals surface area (Å²) < 4.78 is 1.80. The van der Waals surface area contributed by atoms with E-state index in [4.69, 9.17) is 11.6 Å². The number of anilines is 1. The Balaban J connectivity index is 2.37. The van der Waals surface area contributed by atoms with Gasteiger partial charge in [-0.2, -0.15) is 0 Å². The molecule has 2 aromatic rings. The van der Waals surface area contributed by atoms with E-state index in [-0.39, 0.29) is 5.91 Å². The van der Waals surface area contributed by atoms with E-state index in [1.165, 1.54) is 11.3 Å². The zero-order chi connectivity index (χ0) is 11.3. The fourth-order valence-electron chi connectivity index (χ4n) is 2.01. The monoisotopic (exact) mass is 252 g/mol. The second-order valence-electron chi connectivity index (χ2n) is 3.87. The zero-order valence-corrected chi connectivity index (χ0v) is 10.2. The molecular weight excluding hydrogens is 244 g/mol. The van der Waals surface area contributed by atoms with Crippen molar-refractivity contribution in [3.05, 3.63) is 21.8 Å². The highest BCUT2D eigenvalue weighted by Crippen LogP contribution is 2.40. The summed E-state index contributed by atoms with van der Waals surface area (Å²) in [5.74, 6) is 0.0588. The Bertz CT molecular complexity index is 606. The van der Waals surface area contributed by atoms with Crippen LogP contribution >= 0.6 is 22.9 Å². The number of aromatic nitrogens is 1. The van der Waals surface area contributed by atoms with Gasteiger partial charge in [-0.05, 0) is 12.5 Å². The largest absolute Gasteiger partial charge is 0.324 e. The lowest BCUT2D eigenvalue weighted by Gasteiger charge is -2.16. The van der Waals surface area contributed by atoms with Crippen LogP contribution < -0.4 is 5.32 Å². The van der Waals surface area contributed by atoms with Crippen LogP contribution in [0.1, 0.15) is 17.7 Å². The Morgan fingerprint density at radius 2 is 2.31 bits per heavy atom. The number of aryl methyl sites for hydroxylation is 2. The number of hydrogen-bond donors (Lipinski definition) is 1. The number of rotatable bonds is 0. The van der Waals surface area contributed by atoms with Crippen molar-refractivity contribution in [3.8, 4) is 0 Å². The fourth-order valence-corrected chi connectivity index (χ4v) is 3.27. The summed E-state index contributed by atoms with van der Waals surface area (Å²) in [4.78, 5) is 15.8. The van der Waals surface area contributed by atoms with E-state index in [1.807, 2.05) is 13.1 Å². The number of thiophene rings is 1. The summed E-state index contributed by atoms with van der Waals surface area (Å²) in [6.07, 6.45) is 3.07. The highest BCUT2D eigenvalue weighted by atomic mass is 35.5. The molecule has 0 saturated heterocycles. The van der Waals surface area contributed by atoms with Crippen molar-refractivity contribution in [2.45, 2.75) is 19.8 Å². The molecule has 0 radical (unpaired) electrons. The average Bonchev–Trinajstić information content (AvgIpc) is 2.55. The SMILES string of the molecule is Cc1c(Cl)sc2cnc3c(c12)NC(=O)CC3. The number of amides is 1. The number of hydrogen-bond acceptors (Lipinski definition) is 3. The Labute approximate surface area is 101 Å². The van der Waals surface area contributed by atoms with Crippen LogP contribution in [0.2, 0.25) is 4.34 Å². The van der Waals surface area contributed by atoms with Gasteiger partial charge in [0.05, 0.1) is 20.4 Å². The molecule has 3 rings (SSSR count). The maximum Gasteiger partial charge on any atom is 0.224 e. The predicted octanol–water partition coefficient (Wildman–Crippen LogP) is 3.14. The highest BCUT2D eigenvalue weighted by molar-refractivity contribution is 7.23. The number of carbonyl (C=O) groups is 1. The summed E-state index contributed by atoms with van der Waals surface area (Å²) in [5, 5.41) is 3.95. The van der Waals surface area contributed by atoms with Crippen LogP contribution in [0.4, 0.5) is 5.69 Å². The second kappa shape index (κ2) is 3.43. The number of nitrogens with zero attached hydrogens (tertiary/aromatic N) is 1. The third kappa shape index (κ3) is 1.33. The number of pyridine rings is 1. The van der Waals surface area contributed by atoms with Crippen molar-refractivity contribution < 1.29 is 4.79 Å². The topological polar surface area (TPSA) is 42.0 Å². The summed E-state index contributed by atoms with van der Waals surface area (Å²) in [7, 11) is 0. The van der Waals surface area contributed by atoms with Crippen LogP contribution in [-0.2, 0) is 11.2 Å². The highest BCUT2D eigenvalue weighted by Gasteiger charge is 2.21. The van der Waals surface area contributed by atoms with Gasteiger partial charge in [0.25, 0.3) is 0 Å². The van der Waals surface area contributed by atoms with Gasteiger partial charge in [-0.3, -0.25) is 9.78 Å². The van der Waals surface area contributed by atoms with Gasteiger partial charge in [0.2, 0.25) is 5.91 Å². The van der Waals surface area contributed by atoms with E-state index in [0.717, 1.165) is 31.4 Å². The first-order valence-electron chi connectivity index (χ1n) is 5.03. The summed E-state index contributed by atoms with van der Waals surface area (Å²) in [5.41, 5.74) is 2.85. The van der Waals surface area contributed by atoms with Crippen molar-refractivity contribution in [1.29, 1.82) is 0 Å². The maximum absolute atomic E-state index is 11.4. The van der Waals surface area contributed by atoms with E-state index in [9.17, 15) is 4.79 Å². The molecule has 0 aromatic carbocycles. The van der Waals surface area contributed by atoms with Crippen LogP contribution in [0, 0.1) is 6.92 Å². The Hall–Kier alpha value is -1.13. The van der Waals surface area contributed by atoms with Crippen molar-refractivity contribution in [3.63, 3.8) is 0 Å². The maximum atomic E-state index is 11.4. The Morgan fingerprint density at radius 3 is 3.12 bits per heavy atom. The Kier molecular flexibility index (Phi) is 2.16. The quantitative estimate of drug-likeness (QED) is 0.783. The number of carbonyl (C=O) groups excluding carboxylic acids is 1. The third-order valence-corrected chi connectivity index (χ3v) is 4.38. The van der Waals surface area contributed by atoms with E-state index in [1.54, 1.807) is 0 Å². The van der Waals surface area contributed by atoms with E-state index in [2.05, 4.69) is 10.3 Å². The minimum Gasteiger partial charge on any atom is -0.324 e. The van der Waals surface area contributed by atoms with E-state index >= 15 is 0 Å². The van der Waals surface area contributed by atoms with Crippen LogP contribution in [-0.4, -0.2) is 10.9 Å². The van der Waals surface area contributed by atoms with Gasteiger partial charge in [-0.1, -0.05) is 11.6 Å². The van der Waals surface area contributed by atoms with Crippen LogP contribution in [0.15, 0.2) is 6.20 Å². The Morgan fingerprint density at radius 1 is 1.50 bits per heavy atom. The first-order valence-corrected chi connectivity index (χ1v) is 6.22. The lowest BCUT2D eigenvalue weighted by atomic mass is 10.0. The first-order chi connectivity index (χ1) is 7.66. The molecule has 1 amide bonds. The van der Waals surface area contributed by atoms with E-state index < -0.39 is 0 Å². The lowest BCUT2D eigenvalue weighted by Crippen LogP contribution is -2.20. The van der Waals surface area contributed by atoms with Gasteiger partial charge in [-0.25, -0.2) is 0 Å². The van der Waals surface area contributed by atoms with Gasteiger partial charge in [-0.15, -0.1) is 11.3 Å². The molecule has 0 aliphatic carbocycles. The molecular formula is C11H9ClN2OS. The van der Waals surface area contributed by atoms with Gasteiger partial charge < -0.3 is 5.32 Å². The van der Waals surface area contributed by atoms with E-state index in [0.29, 0.717) is 12.8 Å². The molecule has 3 heterocycles. The van der Waals surface area contributed by atoms with Crippen molar-refractivity contribution in [1.82, 2.24) is 4.98 Å². The first kappa shape index (κ1) is 10.1. The molecule has 1 N–H and O–H groups in total. The molecule has 82 valence electrons. The van der Waals surface area contributed by atoms with Crippen LogP contribution in [0.5, 0.6) is 0 Å². The summed E-state index contributed by atoms with van der Waals surface area (Å²) in [6.45, 7) is 1.97. The van der Waals surface area contributed by atoms with Crippen LogP contribution in [0.25, 0.3) is 10.1 Å². The van der Waals surface area contributed by atoms with Crippen molar-refractivity contribution >= 4 is 44.6 Å². The van der Waals surface area contributed by atoms with Gasteiger partial charge in [0.15, 0.2) is 0 Å². The van der Waals surface area contributed by atoms with Gasteiger partial charge >= 0.3 is 0 Å². The number of halogens is 1. The van der Waals surface area contributed by atoms with Gasteiger partial charge in [0, 0.05) is 24.4 Å². The normalized spacial score (nSPS) is 15.0. The van der Waals surface area contributed by atoms with Crippen molar-refractivity contribution in [2.75, 3.05) is 5.32 Å². The average molecular weight is 253 g/mol. The second-order valence-corrected chi connectivity index (χ2v) is 5.52. The zero-order valence-electron chi connectivity index (χ0n) is 8.63. The molecule has 1 aliphatic heterocycles. The summed E-state index contributed by atoms with van der Waals surface area (Å²) in [6, 6.07) is 0. The molecule has 2 aromatic heterocycles. The number of nitrogens with one attached hydrogen (secondary N) is 1. The molecule has 5 heteroatoms. The fraction of sp³-hybridized carbons (Fsp3) is 0.273. The lowest BCUT2D eigenvalue weighted by molar-refractivity contribution is -0.116. The minimum atomic E-state index is 0.0588. The molecule has 0 unspecified atom stereocenters. The molecule has 0 atom stereocenters. The molecule has 16 heavy (non-hydrogen) atoms. The molecule has 1 aliphatic rings. The molecule has 0 bridgehead atoms. The van der Waals surface area contributed by atoms with Gasteiger partial charge in [0.1, 0.15) is 0 Å². The third-order valence-electron chi connectivity index (χ3n) is 2.85. The predicted molar refractivity (Wildman–Crippen MR) is 66.3 cm³/mol. The smallest absolute Gasteiger partial charge is 0.224 e. The molecule has 3 nitrogen and oxygen atoms in total. The summed E-state index contributed by atoms with van der Waals surface area (Å²) >= 11 is 7.61. The standard InChI is InChI=1S/C11H9ClN2OS/c1-5-9-7(16-11(5)12)4-13-6-2-3-8(15)14-10(6)9/h4H,2-3H2,1H3,(H,14,15). The molecule has 0 spiro atoms.